The molecule has 26 heavy (non-hydrogen) atoms. The third-order valence-electron chi connectivity index (χ3n) is 4.73. The van der Waals surface area contributed by atoms with Crippen molar-refractivity contribution in [3.05, 3.63) is 62.7 Å². The second kappa shape index (κ2) is 8.66. The van der Waals surface area contributed by atoms with Gasteiger partial charge in [0.15, 0.2) is 0 Å². The smallest absolute Gasteiger partial charge is 0.256 e. The number of carbonyl (C=O) groups excluding carboxylic acids is 2. The van der Waals surface area contributed by atoms with Crippen LogP contribution >= 0.6 is 22.6 Å². The summed E-state index contributed by atoms with van der Waals surface area (Å²) in [6.07, 6.45) is 5.63. The molecule has 0 aliphatic heterocycles. The van der Waals surface area contributed by atoms with Gasteiger partial charge in [0.1, 0.15) is 0 Å². The second-order valence-electron chi connectivity index (χ2n) is 6.79. The van der Waals surface area contributed by atoms with Crippen LogP contribution in [-0.2, 0) is 0 Å². The van der Waals surface area contributed by atoms with Crippen LogP contribution in [-0.4, -0.2) is 17.9 Å². The Morgan fingerprint density at radius 2 is 1.69 bits per heavy atom. The van der Waals surface area contributed by atoms with Gasteiger partial charge in [-0.15, -0.1) is 0 Å². The van der Waals surface area contributed by atoms with Gasteiger partial charge >= 0.3 is 0 Å². The number of para-hydroxylation sites is 1. The van der Waals surface area contributed by atoms with E-state index in [2.05, 4.69) is 33.2 Å². The summed E-state index contributed by atoms with van der Waals surface area (Å²) in [5.41, 5.74) is 2.77. The Morgan fingerprint density at radius 3 is 2.42 bits per heavy atom. The SMILES string of the molecule is Cc1ccc(C(=O)Nc2ccccc2C(=O)NC2CCCCC2)c(I)c1. The van der Waals surface area contributed by atoms with Crippen molar-refractivity contribution in [2.45, 2.75) is 45.1 Å². The van der Waals surface area contributed by atoms with Crippen LogP contribution in [0.25, 0.3) is 0 Å². The van der Waals surface area contributed by atoms with E-state index in [1.807, 2.05) is 37.3 Å². The number of hydrogen-bond donors (Lipinski definition) is 2. The highest BCUT2D eigenvalue weighted by Gasteiger charge is 2.19. The van der Waals surface area contributed by atoms with Crippen LogP contribution in [0.15, 0.2) is 42.5 Å². The van der Waals surface area contributed by atoms with Crippen LogP contribution < -0.4 is 10.6 Å². The standard InChI is InChI=1S/C21H23IN2O2/c1-14-11-12-16(18(22)13-14)20(25)24-19-10-6-5-9-17(19)21(26)23-15-7-3-2-4-8-15/h5-6,9-13,15H,2-4,7-8H2,1H3,(H,23,26)(H,24,25). The van der Waals surface area contributed by atoms with Gasteiger partial charge in [-0.1, -0.05) is 43.0 Å². The molecule has 2 N–H and O–H groups in total. The molecular formula is C21H23IN2O2. The molecule has 0 unspecified atom stereocenters. The Kier molecular flexibility index (Phi) is 6.29. The predicted molar refractivity (Wildman–Crippen MR) is 113 cm³/mol. The minimum absolute atomic E-state index is 0.119. The fourth-order valence-electron chi connectivity index (χ4n) is 3.29. The number of carbonyl (C=O) groups is 2. The number of amides is 2. The first-order valence-electron chi connectivity index (χ1n) is 9.02. The first kappa shape index (κ1) is 18.9. The van der Waals surface area contributed by atoms with Gasteiger partial charge in [0.05, 0.1) is 16.8 Å². The molecule has 136 valence electrons. The van der Waals surface area contributed by atoms with E-state index in [-0.39, 0.29) is 17.9 Å². The number of anilines is 1. The molecule has 1 aliphatic rings. The lowest BCUT2D eigenvalue weighted by atomic mass is 9.95. The summed E-state index contributed by atoms with van der Waals surface area (Å²) in [5, 5.41) is 6.02. The summed E-state index contributed by atoms with van der Waals surface area (Å²) in [6.45, 7) is 1.99. The van der Waals surface area contributed by atoms with Gasteiger partial charge in [-0.3, -0.25) is 9.59 Å². The van der Waals surface area contributed by atoms with Crippen molar-refractivity contribution in [1.29, 1.82) is 0 Å². The maximum atomic E-state index is 12.7. The van der Waals surface area contributed by atoms with E-state index in [0.717, 1.165) is 34.8 Å². The summed E-state index contributed by atoms with van der Waals surface area (Å²) in [4.78, 5) is 25.4. The van der Waals surface area contributed by atoms with Crippen LogP contribution in [0.1, 0.15) is 58.4 Å². The average molecular weight is 462 g/mol. The predicted octanol–water partition coefficient (Wildman–Crippen LogP) is 4.91. The summed E-state index contributed by atoms with van der Waals surface area (Å²) in [5.74, 6) is -0.321. The zero-order chi connectivity index (χ0) is 18.5. The molecule has 1 aliphatic carbocycles. The highest BCUT2D eigenvalue weighted by atomic mass is 127. The maximum Gasteiger partial charge on any atom is 0.256 e. The topological polar surface area (TPSA) is 58.2 Å². The Balaban J connectivity index is 1.76. The van der Waals surface area contributed by atoms with Crippen LogP contribution in [0.3, 0.4) is 0 Å². The number of hydrogen-bond acceptors (Lipinski definition) is 2. The van der Waals surface area contributed by atoms with Gasteiger partial charge < -0.3 is 10.6 Å². The molecule has 4 nitrogen and oxygen atoms in total. The summed E-state index contributed by atoms with van der Waals surface area (Å²) in [7, 11) is 0. The Labute approximate surface area is 167 Å². The van der Waals surface area contributed by atoms with E-state index in [9.17, 15) is 9.59 Å². The third kappa shape index (κ3) is 4.63. The molecule has 2 aromatic rings. The van der Waals surface area contributed by atoms with Crippen molar-refractivity contribution in [2.24, 2.45) is 0 Å². The quantitative estimate of drug-likeness (QED) is 0.635. The summed E-state index contributed by atoms with van der Waals surface area (Å²) in [6, 6.07) is 13.1. The van der Waals surface area contributed by atoms with E-state index in [1.165, 1.54) is 6.42 Å². The normalized spacial score (nSPS) is 14.7. The molecule has 0 bridgehead atoms. The van der Waals surface area contributed by atoms with Gasteiger partial charge in [-0.25, -0.2) is 0 Å². The van der Waals surface area contributed by atoms with Gasteiger partial charge in [-0.05, 0) is 66.6 Å². The van der Waals surface area contributed by atoms with Crippen molar-refractivity contribution >= 4 is 40.1 Å². The van der Waals surface area contributed by atoms with Crippen molar-refractivity contribution < 1.29 is 9.59 Å². The molecule has 0 spiro atoms. The molecule has 0 aromatic heterocycles. The number of rotatable bonds is 4. The molecule has 0 saturated heterocycles. The van der Waals surface area contributed by atoms with Crippen molar-refractivity contribution in [3.8, 4) is 0 Å². The van der Waals surface area contributed by atoms with Crippen molar-refractivity contribution in [2.75, 3.05) is 5.32 Å². The van der Waals surface area contributed by atoms with E-state index >= 15 is 0 Å². The second-order valence-corrected chi connectivity index (χ2v) is 7.95. The monoisotopic (exact) mass is 462 g/mol. The van der Waals surface area contributed by atoms with Crippen molar-refractivity contribution in [3.63, 3.8) is 0 Å². The number of benzene rings is 2. The van der Waals surface area contributed by atoms with E-state index < -0.39 is 0 Å². The molecule has 2 aromatic carbocycles. The first-order valence-corrected chi connectivity index (χ1v) is 10.1. The molecule has 1 fully saturated rings. The van der Waals surface area contributed by atoms with Crippen LogP contribution in [0.2, 0.25) is 0 Å². The van der Waals surface area contributed by atoms with Gasteiger partial charge in [-0.2, -0.15) is 0 Å². The highest BCUT2D eigenvalue weighted by Crippen LogP contribution is 2.21. The van der Waals surface area contributed by atoms with Crippen molar-refractivity contribution in [1.82, 2.24) is 5.32 Å². The van der Waals surface area contributed by atoms with E-state index in [0.29, 0.717) is 16.8 Å². The first-order chi connectivity index (χ1) is 12.5. The lowest BCUT2D eigenvalue weighted by Crippen LogP contribution is -2.36. The largest absolute Gasteiger partial charge is 0.349 e. The molecule has 0 radical (unpaired) electrons. The Morgan fingerprint density at radius 1 is 0.962 bits per heavy atom. The third-order valence-corrected chi connectivity index (χ3v) is 5.62. The molecule has 0 heterocycles. The number of aryl methyl sites for hydroxylation is 1. The molecule has 3 rings (SSSR count). The molecular weight excluding hydrogens is 439 g/mol. The Bertz CT molecular complexity index is 813. The fraction of sp³-hybridized carbons (Fsp3) is 0.333. The minimum Gasteiger partial charge on any atom is -0.349 e. The average Bonchev–Trinajstić information content (AvgIpc) is 2.62. The maximum absolute atomic E-state index is 12.7. The van der Waals surface area contributed by atoms with Crippen LogP contribution in [0.4, 0.5) is 5.69 Å². The number of nitrogens with one attached hydrogen (secondary N) is 2. The molecule has 2 amide bonds. The fourth-order valence-corrected chi connectivity index (χ4v) is 4.21. The van der Waals surface area contributed by atoms with Gasteiger partial charge in [0.2, 0.25) is 0 Å². The zero-order valence-electron chi connectivity index (χ0n) is 14.8. The molecule has 0 atom stereocenters. The van der Waals surface area contributed by atoms with Crippen LogP contribution in [0, 0.1) is 10.5 Å². The molecule has 5 heteroatoms. The minimum atomic E-state index is -0.202. The van der Waals surface area contributed by atoms with Gasteiger partial charge in [0.25, 0.3) is 11.8 Å². The summed E-state index contributed by atoms with van der Waals surface area (Å²) >= 11 is 2.16. The lowest BCUT2D eigenvalue weighted by molar-refractivity contribution is 0.0928. The van der Waals surface area contributed by atoms with E-state index in [4.69, 9.17) is 0 Å². The van der Waals surface area contributed by atoms with Gasteiger partial charge in [0, 0.05) is 9.61 Å². The van der Waals surface area contributed by atoms with Crippen LogP contribution in [0.5, 0.6) is 0 Å². The van der Waals surface area contributed by atoms with E-state index in [1.54, 1.807) is 12.1 Å². The summed E-state index contributed by atoms with van der Waals surface area (Å²) < 4.78 is 0.893. The molecule has 1 saturated carbocycles. The highest BCUT2D eigenvalue weighted by molar-refractivity contribution is 14.1. The zero-order valence-corrected chi connectivity index (χ0v) is 17.0. The lowest BCUT2D eigenvalue weighted by Gasteiger charge is -2.23. The number of halogens is 1. The Hall–Kier alpha value is -1.89.